The van der Waals surface area contributed by atoms with Crippen molar-refractivity contribution in [1.82, 2.24) is 0 Å². The Bertz CT molecular complexity index is 273. The fourth-order valence-electron chi connectivity index (χ4n) is 1.28. The first-order valence-corrected chi connectivity index (χ1v) is 7.70. The van der Waals surface area contributed by atoms with Gasteiger partial charge in [-0.1, -0.05) is 34.6 Å². The van der Waals surface area contributed by atoms with E-state index in [4.69, 9.17) is 19.3 Å². The Kier molecular flexibility index (Phi) is 13.8. The van der Waals surface area contributed by atoms with Crippen LogP contribution in [0.4, 0.5) is 0 Å². The summed E-state index contributed by atoms with van der Waals surface area (Å²) in [6.45, 7) is 10.9. The second-order valence-corrected chi connectivity index (χ2v) is 5.23. The van der Waals surface area contributed by atoms with Crippen molar-refractivity contribution >= 4 is 8.53 Å². The first-order chi connectivity index (χ1) is 8.77. The molecule has 1 aromatic rings. The van der Waals surface area contributed by atoms with Crippen molar-refractivity contribution in [2.24, 2.45) is 5.50 Å². The first-order valence-electron chi connectivity index (χ1n) is 6.38. The molecule has 6 heteroatoms. The van der Waals surface area contributed by atoms with Crippen LogP contribution in [-0.4, -0.2) is 21.5 Å². The largest absolute Gasteiger partial charge is 0.469 e. The molecule has 0 spiro atoms. The van der Waals surface area contributed by atoms with Crippen LogP contribution in [0.3, 0.4) is 0 Å². The Hall–Kier alpha value is -0.450. The lowest BCUT2D eigenvalue weighted by atomic mass is 9.99. The molecule has 0 fully saturated rings. The molecule has 0 aliphatic carbocycles. The minimum Gasteiger partial charge on any atom is -0.469 e. The van der Waals surface area contributed by atoms with E-state index in [9.17, 15) is 0 Å². The summed E-state index contributed by atoms with van der Waals surface area (Å²) in [5, 5.41) is 7.88. The number of hydrogen-bond donors (Lipinski definition) is 4. The maximum Gasteiger partial charge on any atom is 0.247 e. The number of hydrogen-bond acceptors (Lipinski definition) is 5. The van der Waals surface area contributed by atoms with Crippen LogP contribution in [0.5, 0.6) is 0 Å². The van der Waals surface area contributed by atoms with Crippen LogP contribution in [0.25, 0.3) is 0 Å². The van der Waals surface area contributed by atoms with Gasteiger partial charge in [0.25, 0.3) is 0 Å². The van der Waals surface area contributed by atoms with Gasteiger partial charge in [0.2, 0.25) is 8.53 Å². The summed E-state index contributed by atoms with van der Waals surface area (Å²) >= 11 is 0. The molecule has 5 nitrogen and oxygen atoms in total. The summed E-state index contributed by atoms with van der Waals surface area (Å²) in [6, 6.07) is 2.07. The van der Waals surface area contributed by atoms with Crippen molar-refractivity contribution in [2.75, 3.05) is 6.61 Å². The molecule has 0 aliphatic heterocycles. The van der Waals surface area contributed by atoms with Gasteiger partial charge in [0.05, 0.1) is 6.26 Å². The van der Waals surface area contributed by atoms with Crippen LogP contribution < -0.4 is 5.50 Å². The predicted octanol–water partition coefficient (Wildman–Crippen LogP) is 3.07. The van der Waals surface area contributed by atoms with Gasteiger partial charge >= 0.3 is 0 Å². The summed E-state index contributed by atoms with van der Waals surface area (Å²) < 4.78 is 5.39. The van der Waals surface area contributed by atoms with Gasteiger partial charge < -0.3 is 19.3 Å². The monoisotopic (exact) mass is 293 g/mol. The molecule has 0 aromatic carbocycles. The molecule has 114 valence electrons. The third-order valence-corrected chi connectivity index (χ3v) is 2.10. The molecule has 0 saturated heterocycles. The van der Waals surface area contributed by atoms with Crippen LogP contribution in [0.2, 0.25) is 0 Å². The smallest absolute Gasteiger partial charge is 0.247 e. The Morgan fingerprint density at radius 2 is 1.63 bits per heavy atom. The van der Waals surface area contributed by atoms with E-state index in [-0.39, 0.29) is 0 Å². The third-order valence-electron chi connectivity index (χ3n) is 2.10. The van der Waals surface area contributed by atoms with Crippen LogP contribution in [-0.2, 0) is 0 Å². The zero-order valence-electron chi connectivity index (χ0n) is 12.5. The van der Waals surface area contributed by atoms with Crippen molar-refractivity contribution in [3.63, 3.8) is 0 Å². The number of furan rings is 1. The van der Waals surface area contributed by atoms with E-state index in [1.54, 1.807) is 6.26 Å². The first kappa shape index (κ1) is 20.9. The van der Waals surface area contributed by atoms with Crippen LogP contribution in [0, 0.1) is 0 Å². The second-order valence-electron chi connectivity index (χ2n) is 4.59. The van der Waals surface area contributed by atoms with Crippen molar-refractivity contribution < 1.29 is 19.3 Å². The zero-order chi connectivity index (χ0) is 15.4. The van der Waals surface area contributed by atoms with Gasteiger partial charge in [-0.25, -0.2) is 0 Å². The Morgan fingerprint density at radius 1 is 1.21 bits per heavy atom. The Labute approximate surface area is 117 Å². The zero-order valence-corrected chi connectivity index (χ0v) is 13.4. The highest BCUT2D eigenvalue weighted by molar-refractivity contribution is 7.42. The highest BCUT2D eigenvalue weighted by atomic mass is 31.2. The number of rotatable bonds is 3. The predicted molar refractivity (Wildman–Crippen MR) is 79.8 cm³/mol. The molecule has 1 rings (SSSR count). The lowest BCUT2D eigenvalue weighted by Crippen LogP contribution is -1.93. The van der Waals surface area contributed by atoms with E-state index >= 15 is 0 Å². The molecule has 0 saturated carbocycles. The van der Waals surface area contributed by atoms with Crippen molar-refractivity contribution in [3.8, 4) is 0 Å². The highest BCUT2D eigenvalue weighted by Gasteiger charge is 2.12. The average molecular weight is 293 g/mol. The molecule has 0 bridgehead atoms. The van der Waals surface area contributed by atoms with E-state index < -0.39 is 8.53 Å². The lowest BCUT2D eigenvalue weighted by molar-refractivity contribution is 0.295. The van der Waals surface area contributed by atoms with Crippen molar-refractivity contribution in [3.05, 3.63) is 23.7 Å². The Morgan fingerprint density at radius 3 is 1.84 bits per heavy atom. The fourth-order valence-corrected chi connectivity index (χ4v) is 1.28. The molecular formula is C13H28NO4P. The molecule has 0 aliphatic rings. The summed E-state index contributed by atoms with van der Waals surface area (Å²) in [6.07, 6.45) is 2.66. The number of aliphatic hydroxyl groups is 1. The van der Waals surface area contributed by atoms with Gasteiger partial charge in [0.1, 0.15) is 5.76 Å². The number of aliphatic hydroxyl groups excluding tert-OH is 1. The van der Waals surface area contributed by atoms with Crippen LogP contribution in [0.1, 0.15) is 64.2 Å². The average Bonchev–Trinajstić information content (AvgIpc) is 2.77. The SMILES string of the molecule is CC(C)c1ccoc1C(C)C.CCCO.NP(O)O. The Balaban J connectivity index is 0. The molecule has 0 unspecified atom stereocenters. The summed E-state index contributed by atoms with van der Waals surface area (Å²) in [5.41, 5.74) is 5.63. The molecule has 1 aromatic heterocycles. The van der Waals surface area contributed by atoms with E-state index in [2.05, 4.69) is 39.3 Å². The summed E-state index contributed by atoms with van der Waals surface area (Å²) in [5.74, 6) is 2.22. The lowest BCUT2D eigenvalue weighted by Gasteiger charge is -2.07. The highest BCUT2D eigenvalue weighted by Crippen LogP contribution is 2.26. The molecule has 19 heavy (non-hydrogen) atoms. The van der Waals surface area contributed by atoms with E-state index in [0.29, 0.717) is 18.4 Å². The van der Waals surface area contributed by atoms with Gasteiger partial charge in [-0.05, 0) is 24.0 Å². The van der Waals surface area contributed by atoms with Gasteiger partial charge in [-0.3, -0.25) is 5.50 Å². The second kappa shape index (κ2) is 12.6. The van der Waals surface area contributed by atoms with Crippen LogP contribution in [0.15, 0.2) is 16.7 Å². The normalized spacial score (nSPS) is 10.1. The standard InChI is InChI=1S/C10H16O.C3H8O.H4NO2P/c1-7(2)9-5-6-11-10(9)8(3)4;1-2-3-4;1-4(2)3/h5-8H,1-4H3;4H,2-3H2,1H3;2-3H,1H2. The van der Waals surface area contributed by atoms with Gasteiger partial charge in [-0.2, -0.15) is 0 Å². The van der Waals surface area contributed by atoms with E-state index in [1.807, 2.05) is 6.92 Å². The molecule has 0 atom stereocenters. The van der Waals surface area contributed by atoms with Gasteiger partial charge in [-0.15, -0.1) is 0 Å². The van der Waals surface area contributed by atoms with Gasteiger partial charge in [0, 0.05) is 12.5 Å². The maximum absolute atomic E-state index is 7.88. The number of nitrogens with two attached hydrogens (primary N) is 1. The minimum atomic E-state index is -2.12. The summed E-state index contributed by atoms with van der Waals surface area (Å²) in [7, 11) is -2.12. The summed E-state index contributed by atoms with van der Waals surface area (Å²) in [4.78, 5) is 14.9. The maximum atomic E-state index is 7.88. The molecule has 1 heterocycles. The minimum absolute atomic E-state index is 0.319. The topological polar surface area (TPSA) is 99.9 Å². The molecular weight excluding hydrogens is 265 g/mol. The third kappa shape index (κ3) is 12.3. The van der Waals surface area contributed by atoms with Crippen molar-refractivity contribution in [1.29, 1.82) is 0 Å². The molecule has 5 N–H and O–H groups in total. The van der Waals surface area contributed by atoms with Crippen molar-refractivity contribution in [2.45, 2.75) is 52.9 Å². The molecule has 0 radical (unpaired) electrons. The quantitative estimate of drug-likeness (QED) is 0.642. The van der Waals surface area contributed by atoms with Crippen LogP contribution >= 0.6 is 8.53 Å². The fraction of sp³-hybridized carbons (Fsp3) is 0.692. The van der Waals surface area contributed by atoms with E-state index in [0.717, 1.165) is 12.2 Å². The van der Waals surface area contributed by atoms with E-state index in [1.165, 1.54) is 5.56 Å². The van der Waals surface area contributed by atoms with Gasteiger partial charge in [0.15, 0.2) is 0 Å². The molecule has 0 amide bonds.